The van der Waals surface area contributed by atoms with Gasteiger partial charge in [-0.25, -0.2) is 4.39 Å². The normalized spacial score (nSPS) is 18.4. The van der Waals surface area contributed by atoms with Gasteiger partial charge >= 0.3 is 0 Å². The van der Waals surface area contributed by atoms with Gasteiger partial charge in [-0.1, -0.05) is 6.07 Å². The van der Waals surface area contributed by atoms with Crippen LogP contribution in [0.15, 0.2) is 18.2 Å². The number of primary amides is 1. The molecule has 1 aromatic rings. The average molecular weight is 266 g/mol. The SMILES string of the molecule is C[C@@H](O)c1ccc(N2CCC(C(N)=O)CC2)c(F)c1. The maximum Gasteiger partial charge on any atom is 0.220 e. The van der Waals surface area contributed by atoms with Crippen molar-refractivity contribution in [1.82, 2.24) is 0 Å². The third-order valence-electron chi connectivity index (χ3n) is 3.69. The van der Waals surface area contributed by atoms with Gasteiger partial charge in [-0.15, -0.1) is 0 Å². The van der Waals surface area contributed by atoms with E-state index in [0.717, 1.165) is 0 Å². The number of carbonyl (C=O) groups is 1. The predicted molar refractivity (Wildman–Crippen MR) is 71.2 cm³/mol. The highest BCUT2D eigenvalue weighted by molar-refractivity contribution is 5.77. The van der Waals surface area contributed by atoms with Crippen LogP contribution in [0.1, 0.15) is 31.4 Å². The highest BCUT2D eigenvalue weighted by Gasteiger charge is 2.24. The lowest BCUT2D eigenvalue weighted by atomic mass is 9.95. The van der Waals surface area contributed by atoms with E-state index in [1.807, 2.05) is 4.90 Å². The molecule has 0 spiro atoms. The molecule has 1 fully saturated rings. The third-order valence-corrected chi connectivity index (χ3v) is 3.69. The second-order valence-electron chi connectivity index (χ2n) is 5.05. The highest BCUT2D eigenvalue weighted by Crippen LogP contribution is 2.27. The first-order chi connectivity index (χ1) is 8.99. The highest BCUT2D eigenvalue weighted by atomic mass is 19.1. The summed E-state index contributed by atoms with van der Waals surface area (Å²) in [4.78, 5) is 13.0. The van der Waals surface area contributed by atoms with Crippen molar-refractivity contribution in [3.8, 4) is 0 Å². The zero-order chi connectivity index (χ0) is 14.0. The zero-order valence-corrected chi connectivity index (χ0v) is 11.0. The molecule has 1 amide bonds. The number of hydrogen-bond acceptors (Lipinski definition) is 3. The first-order valence-electron chi connectivity index (χ1n) is 6.51. The molecular formula is C14H19FN2O2. The lowest BCUT2D eigenvalue weighted by Gasteiger charge is -2.32. The standard InChI is InChI=1S/C14H19FN2O2/c1-9(18)11-2-3-13(12(15)8-11)17-6-4-10(5-7-17)14(16)19/h2-3,8-10,18H,4-7H2,1H3,(H2,16,19)/t9-/m1/s1. The van der Waals surface area contributed by atoms with Crippen molar-refractivity contribution in [2.45, 2.75) is 25.9 Å². The predicted octanol–water partition coefficient (Wildman–Crippen LogP) is 1.58. The van der Waals surface area contributed by atoms with E-state index < -0.39 is 6.10 Å². The monoisotopic (exact) mass is 266 g/mol. The maximum atomic E-state index is 14.0. The van der Waals surface area contributed by atoms with Gasteiger partial charge in [-0.05, 0) is 37.5 Å². The molecule has 0 unspecified atom stereocenters. The molecule has 1 saturated heterocycles. The molecule has 0 radical (unpaired) electrons. The number of piperidine rings is 1. The van der Waals surface area contributed by atoms with Gasteiger partial charge in [0.05, 0.1) is 11.8 Å². The molecule has 0 saturated carbocycles. The number of amides is 1. The molecule has 1 aliphatic rings. The molecule has 104 valence electrons. The van der Waals surface area contributed by atoms with Crippen molar-refractivity contribution in [2.24, 2.45) is 11.7 Å². The Labute approximate surface area is 112 Å². The molecular weight excluding hydrogens is 247 g/mol. The van der Waals surface area contributed by atoms with Gasteiger partial charge in [-0.2, -0.15) is 0 Å². The quantitative estimate of drug-likeness (QED) is 0.873. The van der Waals surface area contributed by atoms with Crippen LogP contribution in [0.25, 0.3) is 0 Å². The Balaban J connectivity index is 2.09. The van der Waals surface area contributed by atoms with E-state index in [9.17, 15) is 14.3 Å². The van der Waals surface area contributed by atoms with Gasteiger partial charge in [0.1, 0.15) is 5.82 Å². The maximum absolute atomic E-state index is 14.0. The summed E-state index contributed by atoms with van der Waals surface area (Å²) >= 11 is 0. The largest absolute Gasteiger partial charge is 0.389 e. The van der Waals surface area contributed by atoms with Crippen molar-refractivity contribution >= 4 is 11.6 Å². The van der Waals surface area contributed by atoms with Gasteiger partial charge < -0.3 is 15.7 Å². The second kappa shape index (κ2) is 5.57. The van der Waals surface area contributed by atoms with Crippen LogP contribution in [-0.4, -0.2) is 24.1 Å². The number of carbonyl (C=O) groups excluding carboxylic acids is 1. The number of hydrogen-bond donors (Lipinski definition) is 2. The first-order valence-corrected chi connectivity index (χ1v) is 6.51. The Morgan fingerprint density at radius 1 is 1.47 bits per heavy atom. The summed E-state index contributed by atoms with van der Waals surface area (Å²) in [5, 5.41) is 9.41. The van der Waals surface area contributed by atoms with E-state index >= 15 is 0 Å². The summed E-state index contributed by atoms with van der Waals surface area (Å²) in [5.74, 6) is -0.712. The molecule has 0 aromatic heterocycles. The van der Waals surface area contributed by atoms with E-state index in [1.54, 1.807) is 19.1 Å². The van der Waals surface area contributed by atoms with Crippen LogP contribution in [-0.2, 0) is 4.79 Å². The topological polar surface area (TPSA) is 66.6 Å². The number of nitrogens with two attached hydrogens (primary N) is 1. The van der Waals surface area contributed by atoms with E-state index in [2.05, 4.69) is 0 Å². The Morgan fingerprint density at radius 3 is 2.58 bits per heavy atom. The van der Waals surface area contributed by atoms with Crippen LogP contribution in [0, 0.1) is 11.7 Å². The Kier molecular flexibility index (Phi) is 4.04. The molecule has 19 heavy (non-hydrogen) atoms. The minimum Gasteiger partial charge on any atom is -0.389 e. The molecule has 0 aliphatic carbocycles. The lowest BCUT2D eigenvalue weighted by Crippen LogP contribution is -2.38. The van der Waals surface area contributed by atoms with Crippen LogP contribution in [0.2, 0.25) is 0 Å². The second-order valence-corrected chi connectivity index (χ2v) is 5.05. The Morgan fingerprint density at radius 2 is 2.11 bits per heavy atom. The summed E-state index contributed by atoms with van der Waals surface area (Å²) in [5.41, 5.74) is 6.36. The first kappa shape index (κ1) is 13.8. The van der Waals surface area contributed by atoms with E-state index in [0.29, 0.717) is 37.2 Å². The van der Waals surface area contributed by atoms with E-state index in [1.165, 1.54) is 6.07 Å². The molecule has 1 atom stereocenters. The molecule has 0 bridgehead atoms. The van der Waals surface area contributed by atoms with Crippen molar-refractivity contribution < 1.29 is 14.3 Å². The molecule has 1 aromatic carbocycles. The molecule has 1 heterocycles. The average Bonchev–Trinajstić information content (AvgIpc) is 2.38. The number of benzene rings is 1. The molecule has 5 heteroatoms. The number of aliphatic hydroxyl groups is 1. The van der Waals surface area contributed by atoms with E-state index in [4.69, 9.17) is 5.73 Å². The van der Waals surface area contributed by atoms with Crippen LogP contribution in [0.3, 0.4) is 0 Å². The van der Waals surface area contributed by atoms with E-state index in [-0.39, 0.29) is 17.6 Å². The summed E-state index contributed by atoms with van der Waals surface area (Å²) < 4.78 is 14.0. The van der Waals surface area contributed by atoms with Gasteiger partial charge in [0.15, 0.2) is 0 Å². The smallest absolute Gasteiger partial charge is 0.220 e. The van der Waals surface area contributed by atoms with Crippen molar-refractivity contribution in [3.05, 3.63) is 29.6 Å². The van der Waals surface area contributed by atoms with Gasteiger partial charge in [0, 0.05) is 19.0 Å². The third kappa shape index (κ3) is 3.04. The fraction of sp³-hybridized carbons (Fsp3) is 0.500. The summed E-state index contributed by atoms with van der Waals surface area (Å²) in [7, 11) is 0. The minimum atomic E-state index is -0.677. The van der Waals surface area contributed by atoms with Crippen LogP contribution >= 0.6 is 0 Å². The molecule has 3 N–H and O–H groups in total. The minimum absolute atomic E-state index is 0.101. The van der Waals surface area contributed by atoms with Crippen molar-refractivity contribution in [2.75, 3.05) is 18.0 Å². The van der Waals surface area contributed by atoms with Gasteiger partial charge in [0.2, 0.25) is 5.91 Å². The molecule has 2 rings (SSSR count). The fourth-order valence-electron chi connectivity index (χ4n) is 2.44. The number of halogens is 1. The van der Waals surface area contributed by atoms with Crippen molar-refractivity contribution in [1.29, 1.82) is 0 Å². The zero-order valence-electron chi connectivity index (χ0n) is 11.0. The van der Waals surface area contributed by atoms with Crippen molar-refractivity contribution in [3.63, 3.8) is 0 Å². The number of anilines is 1. The lowest BCUT2D eigenvalue weighted by molar-refractivity contribution is -0.122. The van der Waals surface area contributed by atoms with Gasteiger partial charge in [-0.3, -0.25) is 4.79 Å². The molecule has 1 aliphatic heterocycles. The number of aliphatic hydroxyl groups excluding tert-OH is 1. The van der Waals surface area contributed by atoms with Crippen LogP contribution in [0.4, 0.5) is 10.1 Å². The Hall–Kier alpha value is -1.62. The summed E-state index contributed by atoms with van der Waals surface area (Å²) in [6.07, 6.45) is 0.643. The molecule has 4 nitrogen and oxygen atoms in total. The van der Waals surface area contributed by atoms with Crippen LogP contribution < -0.4 is 10.6 Å². The van der Waals surface area contributed by atoms with Crippen LogP contribution in [0.5, 0.6) is 0 Å². The Bertz CT molecular complexity index is 469. The summed E-state index contributed by atoms with van der Waals surface area (Å²) in [6, 6.07) is 4.77. The van der Waals surface area contributed by atoms with Gasteiger partial charge in [0.25, 0.3) is 0 Å². The fourth-order valence-corrected chi connectivity index (χ4v) is 2.44. The number of rotatable bonds is 3. The number of nitrogens with zero attached hydrogens (tertiary/aromatic N) is 1. The summed E-state index contributed by atoms with van der Waals surface area (Å²) in [6.45, 7) is 2.85.